The van der Waals surface area contributed by atoms with Crippen molar-refractivity contribution in [1.29, 1.82) is 0 Å². The van der Waals surface area contributed by atoms with Crippen LogP contribution in [0.15, 0.2) is 0 Å². The van der Waals surface area contributed by atoms with E-state index in [1.165, 1.54) is 4.88 Å². The highest BCUT2D eigenvalue weighted by atomic mass is 32.1. The van der Waals surface area contributed by atoms with Crippen molar-refractivity contribution in [3.63, 3.8) is 0 Å². The SMILES string of the molecule is Cc1nc(CS)sc1C. The number of hydrogen-bond donors (Lipinski definition) is 1. The minimum Gasteiger partial charge on any atom is -0.245 e. The monoisotopic (exact) mass is 159 g/mol. The number of nitrogens with zero attached hydrogens (tertiary/aromatic N) is 1. The standard InChI is InChI=1S/C6H9NS2/c1-4-5(2)9-6(3-8)7-4/h8H,3H2,1-2H3. The highest BCUT2D eigenvalue weighted by Gasteiger charge is 1.99. The Balaban J connectivity index is 2.98. The molecule has 0 saturated heterocycles. The van der Waals surface area contributed by atoms with Crippen LogP contribution in [0.2, 0.25) is 0 Å². The summed E-state index contributed by atoms with van der Waals surface area (Å²) in [7, 11) is 0. The molecule has 0 saturated carbocycles. The zero-order chi connectivity index (χ0) is 6.85. The molecule has 0 spiro atoms. The molecule has 9 heavy (non-hydrogen) atoms. The van der Waals surface area contributed by atoms with Gasteiger partial charge < -0.3 is 0 Å². The first-order chi connectivity index (χ1) is 4.24. The molecule has 50 valence electrons. The molecule has 0 radical (unpaired) electrons. The van der Waals surface area contributed by atoms with Crippen molar-refractivity contribution in [2.75, 3.05) is 0 Å². The molecule has 1 aromatic heterocycles. The fraction of sp³-hybridized carbons (Fsp3) is 0.500. The first-order valence-electron chi connectivity index (χ1n) is 2.78. The van der Waals surface area contributed by atoms with Gasteiger partial charge in [0, 0.05) is 10.6 Å². The molecule has 1 nitrogen and oxygen atoms in total. The van der Waals surface area contributed by atoms with Crippen molar-refractivity contribution >= 4 is 24.0 Å². The highest BCUT2D eigenvalue weighted by molar-refractivity contribution is 7.79. The van der Waals surface area contributed by atoms with Crippen LogP contribution in [0.4, 0.5) is 0 Å². The van der Waals surface area contributed by atoms with E-state index in [1.807, 2.05) is 6.92 Å². The van der Waals surface area contributed by atoms with Gasteiger partial charge in [0.2, 0.25) is 0 Å². The zero-order valence-electron chi connectivity index (χ0n) is 5.51. The van der Waals surface area contributed by atoms with Gasteiger partial charge in [0.25, 0.3) is 0 Å². The lowest BCUT2D eigenvalue weighted by atomic mass is 10.4. The molecule has 0 aliphatic carbocycles. The predicted octanol–water partition coefficient (Wildman–Crippen LogP) is 2.19. The third kappa shape index (κ3) is 1.46. The Hall–Kier alpha value is -0.0200. The maximum absolute atomic E-state index is 4.27. The van der Waals surface area contributed by atoms with E-state index in [0.29, 0.717) is 0 Å². The minimum absolute atomic E-state index is 0.763. The maximum Gasteiger partial charge on any atom is 0.103 e. The van der Waals surface area contributed by atoms with E-state index in [2.05, 4.69) is 24.5 Å². The van der Waals surface area contributed by atoms with Crippen LogP contribution in [0.3, 0.4) is 0 Å². The first-order valence-corrected chi connectivity index (χ1v) is 4.22. The van der Waals surface area contributed by atoms with Crippen molar-refractivity contribution < 1.29 is 0 Å². The Labute approximate surface area is 64.5 Å². The van der Waals surface area contributed by atoms with Crippen LogP contribution in [-0.2, 0) is 5.75 Å². The molecule has 0 N–H and O–H groups in total. The third-order valence-corrected chi connectivity index (χ3v) is 2.79. The van der Waals surface area contributed by atoms with Gasteiger partial charge in [-0.05, 0) is 13.8 Å². The molecular formula is C6H9NS2. The minimum atomic E-state index is 0.763. The normalized spacial score (nSPS) is 10.1. The van der Waals surface area contributed by atoms with Crippen LogP contribution in [0, 0.1) is 13.8 Å². The fourth-order valence-corrected chi connectivity index (χ4v) is 1.67. The fourth-order valence-electron chi connectivity index (χ4n) is 0.607. The number of thiazole rings is 1. The molecule has 0 unspecified atom stereocenters. The molecule has 0 atom stereocenters. The average molecular weight is 159 g/mol. The van der Waals surface area contributed by atoms with Gasteiger partial charge in [0.1, 0.15) is 5.01 Å². The molecule has 1 aromatic rings. The summed E-state index contributed by atoms with van der Waals surface area (Å²) in [4.78, 5) is 5.58. The van der Waals surface area contributed by atoms with Gasteiger partial charge in [0.15, 0.2) is 0 Å². The summed E-state index contributed by atoms with van der Waals surface area (Å²) in [5.74, 6) is 0.763. The molecule has 1 rings (SSSR count). The lowest BCUT2D eigenvalue weighted by Gasteiger charge is -1.79. The second-order valence-electron chi connectivity index (χ2n) is 1.91. The van der Waals surface area contributed by atoms with Crippen LogP contribution >= 0.6 is 24.0 Å². The average Bonchev–Trinajstić information content (AvgIpc) is 2.13. The van der Waals surface area contributed by atoms with Gasteiger partial charge in [-0.15, -0.1) is 11.3 Å². The van der Waals surface area contributed by atoms with Crippen LogP contribution in [0.5, 0.6) is 0 Å². The molecule has 0 bridgehead atoms. The van der Waals surface area contributed by atoms with E-state index in [1.54, 1.807) is 11.3 Å². The topological polar surface area (TPSA) is 12.9 Å². The summed E-state index contributed by atoms with van der Waals surface area (Å²) in [5.41, 5.74) is 1.14. The van der Waals surface area contributed by atoms with Crippen LogP contribution < -0.4 is 0 Å². The van der Waals surface area contributed by atoms with Gasteiger partial charge in [-0.25, -0.2) is 4.98 Å². The lowest BCUT2D eigenvalue weighted by Crippen LogP contribution is -1.74. The highest BCUT2D eigenvalue weighted by Crippen LogP contribution is 2.17. The maximum atomic E-state index is 4.27. The van der Waals surface area contributed by atoms with Gasteiger partial charge in [-0.2, -0.15) is 12.6 Å². The molecule has 3 heteroatoms. The second kappa shape index (κ2) is 2.71. The van der Waals surface area contributed by atoms with Crippen molar-refractivity contribution in [2.24, 2.45) is 0 Å². The molecule has 0 amide bonds. The summed E-state index contributed by atoms with van der Waals surface area (Å²) >= 11 is 5.85. The molecule has 0 aromatic carbocycles. The first kappa shape index (κ1) is 7.09. The van der Waals surface area contributed by atoms with E-state index >= 15 is 0 Å². The van der Waals surface area contributed by atoms with Crippen molar-refractivity contribution in [3.8, 4) is 0 Å². The van der Waals surface area contributed by atoms with Crippen molar-refractivity contribution in [3.05, 3.63) is 15.6 Å². The zero-order valence-corrected chi connectivity index (χ0v) is 7.22. The lowest BCUT2D eigenvalue weighted by molar-refractivity contribution is 1.17. The van der Waals surface area contributed by atoms with E-state index in [-0.39, 0.29) is 0 Å². The van der Waals surface area contributed by atoms with E-state index in [0.717, 1.165) is 16.5 Å². The summed E-state index contributed by atoms with van der Waals surface area (Å²) in [6.45, 7) is 4.11. The largest absolute Gasteiger partial charge is 0.245 e. The molecular weight excluding hydrogens is 150 g/mol. The van der Waals surface area contributed by atoms with Gasteiger partial charge in [0.05, 0.1) is 5.69 Å². The Morgan fingerprint density at radius 2 is 2.22 bits per heavy atom. The van der Waals surface area contributed by atoms with Crippen molar-refractivity contribution in [2.45, 2.75) is 19.6 Å². The van der Waals surface area contributed by atoms with Crippen molar-refractivity contribution in [1.82, 2.24) is 4.98 Å². The second-order valence-corrected chi connectivity index (χ2v) is 3.51. The Kier molecular flexibility index (Phi) is 2.13. The smallest absolute Gasteiger partial charge is 0.103 e. The van der Waals surface area contributed by atoms with E-state index < -0.39 is 0 Å². The quantitative estimate of drug-likeness (QED) is 0.620. The Morgan fingerprint density at radius 1 is 1.56 bits per heavy atom. The Morgan fingerprint density at radius 3 is 2.44 bits per heavy atom. The van der Waals surface area contributed by atoms with E-state index in [4.69, 9.17) is 0 Å². The molecule has 0 fully saturated rings. The molecule has 0 aliphatic rings. The van der Waals surface area contributed by atoms with Crippen LogP contribution in [0.25, 0.3) is 0 Å². The summed E-state index contributed by atoms with van der Waals surface area (Å²) in [6.07, 6.45) is 0. The summed E-state index contributed by atoms with van der Waals surface area (Å²) in [6, 6.07) is 0. The summed E-state index contributed by atoms with van der Waals surface area (Å²) in [5, 5.41) is 1.12. The number of aromatic nitrogens is 1. The van der Waals surface area contributed by atoms with Gasteiger partial charge >= 0.3 is 0 Å². The number of aryl methyl sites for hydroxylation is 2. The van der Waals surface area contributed by atoms with Gasteiger partial charge in [-0.1, -0.05) is 0 Å². The number of rotatable bonds is 1. The molecule has 0 aliphatic heterocycles. The summed E-state index contributed by atoms with van der Waals surface area (Å²) < 4.78 is 0. The molecule has 1 heterocycles. The Bertz CT molecular complexity index is 185. The number of hydrogen-bond acceptors (Lipinski definition) is 3. The third-order valence-electron chi connectivity index (χ3n) is 1.21. The van der Waals surface area contributed by atoms with Crippen LogP contribution in [0.1, 0.15) is 15.6 Å². The van der Waals surface area contributed by atoms with E-state index in [9.17, 15) is 0 Å². The van der Waals surface area contributed by atoms with Crippen LogP contribution in [-0.4, -0.2) is 4.98 Å². The number of thiol groups is 1. The predicted molar refractivity (Wildman–Crippen MR) is 44.3 cm³/mol. The van der Waals surface area contributed by atoms with Gasteiger partial charge in [-0.3, -0.25) is 0 Å².